The lowest BCUT2D eigenvalue weighted by Crippen LogP contribution is -2.47. The van der Waals surface area contributed by atoms with Gasteiger partial charge in [0.25, 0.3) is 5.91 Å². The standard InChI is InChI=1S/C15H21ClN2O/c1-10-7-13(5-6-14(10)16)15(19)18-9-12(8-17)4-3-11(18)2/h5-7,11-12H,3-4,8-9,17H2,1-2H3. The fraction of sp³-hybridized carbons (Fsp3) is 0.533. The molecule has 2 rings (SSSR count). The van der Waals surface area contributed by atoms with E-state index in [4.69, 9.17) is 17.3 Å². The van der Waals surface area contributed by atoms with Crippen LogP contribution in [-0.2, 0) is 0 Å². The van der Waals surface area contributed by atoms with Crippen molar-refractivity contribution < 1.29 is 4.79 Å². The molecule has 0 aromatic heterocycles. The Kier molecular flexibility index (Phi) is 4.48. The third-order valence-electron chi connectivity index (χ3n) is 3.98. The van der Waals surface area contributed by atoms with Gasteiger partial charge >= 0.3 is 0 Å². The van der Waals surface area contributed by atoms with Crippen molar-refractivity contribution in [2.24, 2.45) is 11.7 Å². The molecule has 2 unspecified atom stereocenters. The van der Waals surface area contributed by atoms with Crippen LogP contribution >= 0.6 is 11.6 Å². The fourth-order valence-corrected chi connectivity index (χ4v) is 2.72. The van der Waals surface area contributed by atoms with Gasteiger partial charge in [-0.25, -0.2) is 0 Å². The molecular weight excluding hydrogens is 260 g/mol. The highest BCUT2D eigenvalue weighted by atomic mass is 35.5. The lowest BCUT2D eigenvalue weighted by molar-refractivity contribution is 0.0567. The first-order chi connectivity index (χ1) is 9.02. The molecule has 1 saturated heterocycles. The highest BCUT2D eigenvalue weighted by Gasteiger charge is 2.28. The van der Waals surface area contributed by atoms with Crippen molar-refractivity contribution in [3.05, 3.63) is 34.3 Å². The first kappa shape index (κ1) is 14.4. The molecule has 0 bridgehead atoms. The molecule has 104 valence electrons. The van der Waals surface area contributed by atoms with Crippen LogP contribution in [0, 0.1) is 12.8 Å². The van der Waals surface area contributed by atoms with Gasteiger partial charge in [-0.1, -0.05) is 11.6 Å². The van der Waals surface area contributed by atoms with Gasteiger partial charge in [-0.15, -0.1) is 0 Å². The second kappa shape index (κ2) is 5.93. The average molecular weight is 281 g/mol. The third-order valence-corrected chi connectivity index (χ3v) is 4.40. The number of piperidine rings is 1. The zero-order valence-electron chi connectivity index (χ0n) is 11.5. The number of hydrogen-bond acceptors (Lipinski definition) is 2. The van der Waals surface area contributed by atoms with E-state index >= 15 is 0 Å². The first-order valence-corrected chi connectivity index (χ1v) is 7.18. The predicted octanol–water partition coefficient (Wildman–Crippen LogP) is 2.85. The molecule has 0 spiro atoms. The van der Waals surface area contributed by atoms with E-state index in [9.17, 15) is 4.79 Å². The molecule has 1 aromatic carbocycles. The molecule has 0 saturated carbocycles. The maximum Gasteiger partial charge on any atom is 0.254 e. The van der Waals surface area contributed by atoms with E-state index in [2.05, 4.69) is 6.92 Å². The van der Waals surface area contributed by atoms with Gasteiger partial charge in [0.15, 0.2) is 0 Å². The molecule has 0 radical (unpaired) electrons. The zero-order valence-corrected chi connectivity index (χ0v) is 12.3. The monoisotopic (exact) mass is 280 g/mol. The number of rotatable bonds is 2. The summed E-state index contributed by atoms with van der Waals surface area (Å²) in [6, 6.07) is 5.74. The van der Waals surface area contributed by atoms with Gasteiger partial charge in [0.1, 0.15) is 0 Å². The highest BCUT2D eigenvalue weighted by Crippen LogP contribution is 2.24. The van der Waals surface area contributed by atoms with Gasteiger partial charge < -0.3 is 10.6 Å². The van der Waals surface area contributed by atoms with E-state index in [-0.39, 0.29) is 11.9 Å². The summed E-state index contributed by atoms with van der Waals surface area (Å²) in [4.78, 5) is 14.5. The van der Waals surface area contributed by atoms with Crippen molar-refractivity contribution >= 4 is 17.5 Å². The molecule has 1 aliphatic heterocycles. The minimum absolute atomic E-state index is 0.0883. The Morgan fingerprint density at radius 1 is 1.47 bits per heavy atom. The summed E-state index contributed by atoms with van der Waals surface area (Å²) in [6.45, 7) is 5.43. The molecular formula is C15H21ClN2O. The van der Waals surface area contributed by atoms with Crippen molar-refractivity contribution in [1.29, 1.82) is 0 Å². The molecule has 1 amide bonds. The number of hydrogen-bond donors (Lipinski definition) is 1. The third kappa shape index (κ3) is 3.10. The zero-order chi connectivity index (χ0) is 14.0. The number of nitrogens with zero attached hydrogens (tertiary/aromatic N) is 1. The molecule has 4 heteroatoms. The van der Waals surface area contributed by atoms with Crippen LogP contribution in [0.4, 0.5) is 0 Å². The van der Waals surface area contributed by atoms with Crippen LogP contribution in [0.3, 0.4) is 0 Å². The summed E-state index contributed by atoms with van der Waals surface area (Å²) in [5, 5.41) is 0.697. The van der Waals surface area contributed by atoms with Crippen molar-refractivity contribution in [3.8, 4) is 0 Å². The number of halogens is 1. The van der Waals surface area contributed by atoms with Gasteiger partial charge in [0.05, 0.1) is 0 Å². The van der Waals surface area contributed by atoms with Crippen molar-refractivity contribution in [2.75, 3.05) is 13.1 Å². The van der Waals surface area contributed by atoms with Crippen LogP contribution in [0.15, 0.2) is 18.2 Å². The summed E-state index contributed by atoms with van der Waals surface area (Å²) < 4.78 is 0. The Labute approximate surface area is 119 Å². The van der Waals surface area contributed by atoms with Crippen LogP contribution in [0.1, 0.15) is 35.7 Å². The Balaban J connectivity index is 2.19. The topological polar surface area (TPSA) is 46.3 Å². The Morgan fingerprint density at radius 3 is 2.84 bits per heavy atom. The largest absolute Gasteiger partial charge is 0.336 e. The van der Waals surface area contributed by atoms with Gasteiger partial charge in [0.2, 0.25) is 0 Å². The SMILES string of the molecule is Cc1cc(C(=O)N2CC(CN)CCC2C)ccc1Cl. The first-order valence-electron chi connectivity index (χ1n) is 6.80. The lowest BCUT2D eigenvalue weighted by atomic mass is 9.93. The molecule has 2 N–H and O–H groups in total. The Hall–Kier alpha value is -1.06. The van der Waals surface area contributed by atoms with Crippen molar-refractivity contribution in [1.82, 2.24) is 4.90 Å². The molecule has 1 heterocycles. The quantitative estimate of drug-likeness (QED) is 0.905. The minimum atomic E-state index is 0.0883. The molecule has 3 nitrogen and oxygen atoms in total. The summed E-state index contributed by atoms with van der Waals surface area (Å²) in [7, 11) is 0. The van der Waals surface area contributed by atoms with Gasteiger partial charge in [0, 0.05) is 23.2 Å². The van der Waals surface area contributed by atoms with Crippen LogP contribution in [0.2, 0.25) is 5.02 Å². The fourth-order valence-electron chi connectivity index (χ4n) is 2.60. The van der Waals surface area contributed by atoms with Gasteiger partial charge in [-0.05, 0) is 62.9 Å². The van der Waals surface area contributed by atoms with Crippen LogP contribution < -0.4 is 5.73 Å². The maximum absolute atomic E-state index is 12.6. The number of amides is 1. The second-order valence-electron chi connectivity index (χ2n) is 5.45. The van der Waals surface area contributed by atoms with E-state index in [0.29, 0.717) is 23.0 Å². The molecule has 0 aliphatic carbocycles. The number of carbonyl (C=O) groups excluding carboxylic acids is 1. The molecule has 1 fully saturated rings. The summed E-state index contributed by atoms with van der Waals surface area (Å²) in [6.07, 6.45) is 2.14. The van der Waals surface area contributed by atoms with E-state index in [0.717, 1.165) is 24.9 Å². The second-order valence-corrected chi connectivity index (χ2v) is 5.86. The number of likely N-dealkylation sites (tertiary alicyclic amines) is 1. The highest BCUT2D eigenvalue weighted by molar-refractivity contribution is 6.31. The Morgan fingerprint density at radius 2 is 2.21 bits per heavy atom. The number of nitrogens with two attached hydrogens (primary N) is 1. The average Bonchev–Trinajstić information content (AvgIpc) is 2.41. The van der Waals surface area contributed by atoms with Gasteiger partial charge in [-0.2, -0.15) is 0 Å². The predicted molar refractivity (Wildman–Crippen MR) is 78.5 cm³/mol. The van der Waals surface area contributed by atoms with Gasteiger partial charge in [-0.3, -0.25) is 4.79 Å². The lowest BCUT2D eigenvalue weighted by Gasteiger charge is -2.37. The smallest absolute Gasteiger partial charge is 0.254 e. The minimum Gasteiger partial charge on any atom is -0.336 e. The normalized spacial score (nSPS) is 23.5. The Bertz CT molecular complexity index is 475. The number of aryl methyl sites for hydroxylation is 1. The van der Waals surface area contributed by atoms with E-state index in [1.165, 1.54) is 0 Å². The van der Waals surface area contributed by atoms with Crippen molar-refractivity contribution in [2.45, 2.75) is 32.7 Å². The van der Waals surface area contributed by atoms with E-state index in [1.807, 2.05) is 17.9 Å². The van der Waals surface area contributed by atoms with Crippen LogP contribution in [-0.4, -0.2) is 29.9 Å². The van der Waals surface area contributed by atoms with Crippen molar-refractivity contribution in [3.63, 3.8) is 0 Å². The molecule has 2 atom stereocenters. The summed E-state index contributed by atoms with van der Waals surface area (Å²) in [5.74, 6) is 0.513. The van der Waals surface area contributed by atoms with Crippen LogP contribution in [0.5, 0.6) is 0 Å². The summed E-state index contributed by atoms with van der Waals surface area (Å²) >= 11 is 6.00. The van der Waals surface area contributed by atoms with E-state index in [1.54, 1.807) is 12.1 Å². The van der Waals surface area contributed by atoms with Crippen LogP contribution in [0.25, 0.3) is 0 Å². The number of benzene rings is 1. The summed E-state index contributed by atoms with van der Waals surface area (Å²) in [5.41, 5.74) is 7.39. The van der Waals surface area contributed by atoms with E-state index < -0.39 is 0 Å². The maximum atomic E-state index is 12.6. The molecule has 1 aromatic rings. The molecule has 1 aliphatic rings. The molecule has 19 heavy (non-hydrogen) atoms. The number of carbonyl (C=O) groups is 1.